The fourth-order valence-electron chi connectivity index (χ4n) is 3.47. The summed E-state index contributed by atoms with van der Waals surface area (Å²) >= 11 is 0. The third-order valence-corrected chi connectivity index (χ3v) is 5.25. The maximum Gasteiger partial charge on any atom is 0.270 e. The van der Waals surface area contributed by atoms with Gasteiger partial charge in [-0.3, -0.25) is 19.8 Å². The lowest BCUT2D eigenvalue weighted by Gasteiger charge is -2.38. The molecule has 8 nitrogen and oxygen atoms in total. The standard InChI is InChI=1S/C21H26N4O4/c1-23-10-12-24(13-11-23)20(16-6-8-19(29-2)9-7-16)15-22-21(26)17-4-3-5-18(14-17)25(27)28/h3-9,14,20H,10-13,15H2,1-2H3,(H,22,26)/t20-/m1/s1. The molecule has 154 valence electrons. The Morgan fingerprint density at radius 2 is 1.86 bits per heavy atom. The van der Waals surface area contributed by atoms with E-state index in [4.69, 9.17) is 4.74 Å². The number of amides is 1. The van der Waals surface area contributed by atoms with Crippen LogP contribution in [-0.4, -0.2) is 67.5 Å². The number of rotatable bonds is 7. The third-order valence-electron chi connectivity index (χ3n) is 5.25. The topological polar surface area (TPSA) is 87.9 Å². The smallest absolute Gasteiger partial charge is 0.270 e. The summed E-state index contributed by atoms with van der Waals surface area (Å²) in [6, 6.07) is 13.7. The number of ether oxygens (including phenoxy) is 1. The van der Waals surface area contributed by atoms with Crippen molar-refractivity contribution in [3.8, 4) is 5.75 Å². The first kappa shape index (κ1) is 20.8. The van der Waals surface area contributed by atoms with Gasteiger partial charge in [0.15, 0.2) is 0 Å². The van der Waals surface area contributed by atoms with Gasteiger partial charge in [0.2, 0.25) is 0 Å². The molecule has 2 aromatic carbocycles. The van der Waals surface area contributed by atoms with E-state index in [2.05, 4.69) is 22.2 Å². The second-order valence-electron chi connectivity index (χ2n) is 7.15. The van der Waals surface area contributed by atoms with Gasteiger partial charge in [0.05, 0.1) is 18.1 Å². The van der Waals surface area contributed by atoms with Crippen LogP contribution in [0, 0.1) is 10.1 Å². The summed E-state index contributed by atoms with van der Waals surface area (Å²) in [7, 11) is 3.73. The Morgan fingerprint density at radius 1 is 1.17 bits per heavy atom. The van der Waals surface area contributed by atoms with Gasteiger partial charge in [-0.1, -0.05) is 18.2 Å². The molecule has 1 aliphatic heterocycles. The first-order chi connectivity index (χ1) is 14.0. The van der Waals surface area contributed by atoms with Crippen LogP contribution in [0.4, 0.5) is 5.69 Å². The van der Waals surface area contributed by atoms with E-state index < -0.39 is 4.92 Å². The zero-order chi connectivity index (χ0) is 20.8. The molecule has 0 aromatic heterocycles. The predicted molar refractivity (Wildman–Crippen MR) is 110 cm³/mol. The molecule has 29 heavy (non-hydrogen) atoms. The summed E-state index contributed by atoms with van der Waals surface area (Å²) in [4.78, 5) is 27.7. The van der Waals surface area contributed by atoms with Crippen molar-refractivity contribution in [1.82, 2.24) is 15.1 Å². The van der Waals surface area contributed by atoms with E-state index in [1.165, 1.54) is 18.2 Å². The number of nitrogens with zero attached hydrogens (tertiary/aromatic N) is 3. The largest absolute Gasteiger partial charge is 0.497 e. The monoisotopic (exact) mass is 398 g/mol. The second kappa shape index (κ2) is 9.49. The molecule has 1 N–H and O–H groups in total. The molecule has 0 unspecified atom stereocenters. The van der Waals surface area contributed by atoms with E-state index in [1.807, 2.05) is 24.3 Å². The molecule has 1 heterocycles. The van der Waals surface area contributed by atoms with Crippen LogP contribution in [0.25, 0.3) is 0 Å². The molecule has 1 aliphatic rings. The van der Waals surface area contributed by atoms with Crippen molar-refractivity contribution in [2.45, 2.75) is 6.04 Å². The molecule has 0 radical (unpaired) electrons. The molecule has 3 rings (SSSR count). The number of hydrogen-bond acceptors (Lipinski definition) is 6. The van der Waals surface area contributed by atoms with Crippen molar-refractivity contribution >= 4 is 11.6 Å². The van der Waals surface area contributed by atoms with Gasteiger partial charge >= 0.3 is 0 Å². The van der Waals surface area contributed by atoms with Crippen molar-refractivity contribution in [2.75, 3.05) is 46.9 Å². The van der Waals surface area contributed by atoms with Gasteiger partial charge in [0.1, 0.15) is 5.75 Å². The Morgan fingerprint density at radius 3 is 2.48 bits per heavy atom. The summed E-state index contributed by atoms with van der Waals surface area (Å²) in [5.74, 6) is 0.466. The Labute approximate surface area is 170 Å². The average Bonchev–Trinajstić information content (AvgIpc) is 2.75. The summed E-state index contributed by atoms with van der Waals surface area (Å²) in [5, 5.41) is 13.9. The molecule has 8 heteroatoms. The zero-order valence-corrected chi connectivity index (χ0v) is 16.7. The summed E-state index contributed by atoms with van der Waals surface area (Å²) in [6.07, 6.45) is 0. The zero-order valence-electron chi connectivity index (χ0n) is 16.7. The minimum absolute atomic E-state index is 0.0113. The molecule has 1 saturated heterocycles. The van der Waals surface area contributed by atoms with Gasteiger partial charge in [-0.05, 0) is 30.8 Å². The van der Waals surface area contributed by atoms with Crippen LogP contribution in [0.15, 0.2) is 48.5 Å². The number of nitro benzene ring substituents is 1. The number of nitrogens with one attached hydrogen (secondary N) is 1. The molecule has 0 saturated carbocycles. The fraction of sp³-hybridized carbons (Fsp3) is 0.381. The third kappa shape index (κ3) is 5.30. The molecule has 1 fully saturated rings. The molecular formula is C21H26N4O4. The Balaban J connectivity index is 1.74. The normalized spacial score (nSPS) is 16.2. The van der Waals surface area contributed by atoms with Crippen molar-refractivity contribution < 1.29 is 14.5 Å². The number of piperazine rings is 1. The maximum absolute atomic E-state index is 12.6. The highest BCUT2D eigenvalue weighted by molar-refractivity contribution is 5.94. The number of hydrogen-bond donors (Lipinski definition) is 1. The first-order valence-electron chi connectivity index (χ1n) is 9.57. The molecule has 0 spiro atoms. The van der Waals surface area contributed by atoms with Gasteiger partial charge in [0, 0.05) is 50.4 Å². The van der Waals surface area contributed by atoms with E-state index in [9.17, 15) is 14.9 Å². The lowest BCUT2D eigenvalue weighted by atomic mass is 10.0. The Kier molecular flexibility index (Phi) is 6.79. The number of carbonyl (C=O) groups is 1. The number of likely N-dealkylation sites (N-methyl/N-ethyl adjacent to an activating group) is 1. The van der Waals surface area contributed by atoms with E-state index in [0.717, 1.165) is 37.5 Å². The predicted octanol–water partition coefficient (Wildman–Crippen LogP) is 2.32. The van der Waals surface area contributed by atoms with Crippen molar-refractivity contribution in [1.29, 1.82) is 0 Å². The highest BCUT2D eigenvalue weighted by atomic mass is 16.6. The van der Waals surface area contributed by atoms with Crippen LogP contribution in [0.2, 0.25) is 0 Å². The van der Waals surface area contributed by atoms with Crippen LogP contribution in [0.3, 0.4) is 0 Å². The van der Waals surface area contributed by atoms with Crippen molar-refractivity contribution in [2.24, 2.45) is 0 Å². The Hall–Kier alpha value is -2.97. The highest BCUT2D eigenvalue weighted by Crippen LogP contribution is 2.24. The quantitative estimate of drug-likeness (QED) is 0.569. The first-order valence-corrected chi connectivity index (χ1v) is 9.57. The highest BCUT2D eigenvalue weighted by Gasteiger charge is 2.25. The van der Waals surface area contributed by atoms with E-state index >= 15 is 0 Å². The summed E-state index contributed by atoms with van der Waals surface area (Å²) < 4.78 is 5.25. The molecule has 1 atom stereocenters. The van der Waals surface area contributed by atoms with Crippen LogP contribution < -0.4 is 10.1 Å². The lowest BCUT2D eigenvalue weighted by molar-refractivity contribution is -0.384. The molecule has 0 aliphatic carbocycles. The molecular weight excluding hydrogens is 372 g/mol. The number of nitro groups is 1. The van der Waals surface area contributed by atoms with E-state index in [-0.39, 0.29) is 23.2 Å². The lowest BCUT2D eigenvalue weighted by Crippen LogP contribution is -2.48. The molecule has 2 aromatic rings. The fourth-order valence-corrected chi connectivity index (χ4v) is 3.47. The average molecular weight is 398 g/mol. The van der Waals surface area contributed by atoms with E-state index in [1.54, 1.807) is 13.2 Å². The van der Waals surface area contributed by atoms with Crippen LogP contribution in [0.5, 0.6) is 5.75 Å². The van der Waals surface area contributed by atoms with Crippen molar-refractivity contribution in [3.63, 3.8) is 0 Å². The van der Waals surface area contributed by atoms with Gasteiger partial charge in [-0.25, -0.2) is 0 Å². The SMILES string of the molecule is COc1ccc([C@@H](CNC(=O)c2cccc([N+](=O)[O-])c2)N2CCN(C)CC2)cc1. The number of non-ortho nitro benzene ring substituents is 1. The van der Waals surface area contributed by atoms with Gasteiger partial charge < -0.3 is 15.0 Å². The van der Waals surface area contributed by atoms with Gasteiger partial charge in [-0.2, -0.15) is 0 Å². The number of carbonyl (C=O) groups excluding carboxylic acids is 1. The minimum Gasteiger partial charge on any atom is -0.497 e. The molecule has 0 bridgehead atoms. The number of benzene rings is 2. The minimum atomic E-state index is -0.499. The van der Waals surface area contributed by atoms with E-state index in [0.29, 0.717) is 6.54 Å². The maximum atomic E-state index is 12.6. The molecule has 1 amide bonds. The van der Waals surface area contributed by atoms with Crippen LogP contribution in [-0.2, 0) is 0 Å². The van der Waals surface area contributed by atoms with Gasteiger partial charge in [-0.15, -0.1) is 0 Å². The number of methoxy groups -OCH3 is 1. The summed E-state index contributed by atoms with van der Waals surface area (Å²) in [5.41, 5.74) is 1.28. The summed E-state index contributed by atoms with van der Waals surface area (Å²) in [6.45, 7) is 4.15. The van der Waals surface area contributed by atoms with Crippen molar-refractivity contribution in [3.05, 3.63) is 69.8 Å². The van der Waals surface area contributed by atoms with Crippen LogP contribution in [0.1, 0.15) is 22.0 Å². The van der Waals surface area contributed by atoms with Crippen LogP contribution >= 0.6 is 0 Å². The van der Waals surface area contributed by atoms with Gasteiger partial charge in [0.25, 0.3) is 11.6 Å². The second-order valence-corrected chi connectivity index (χ2v) is 7.15. The Bertz CT molecular complexity index is 848.